The second-order valence-corrected chi connectivity index (χ2v) is 12.9. The Bertz CT molecular complexity index is 1260. The lowest BCUT2D eigenvalue weighted by Gasteiger charge is -2.36. The van der Waals surface area contributed by atoms with Gasteiger partial charge >= 0.3 is 0 Å². The summed E-state index contributed by atoms with van der Waals surface area (Å²) in [5.41, 5.74) is 2.40. The summed E-state index contributed by atoms with van der Waals surface area (Å²) in [5, 5.41) is 1.08. The van der Waals surface area contributed by atoms with Gasteiger partial charge in [0.15, 0.2) is 0 Å². The fourth-order valence-electron chi connectivity index (χ4n) is 5.43. The summed E-state index contributed by atoms with van der Waals surface area (Å²) in [6, 6.07) is 8.83. The van der Waals surface area contributed by atoms with Crippen molar-refractivity contribution in [2.75, 3.05) is 53.0 Å². The summed E-state index contributed by atoms with van der Waals surface area (Å²) in [7, 11) is -2.16. The highest BCUT2D eigenvalue weighted by molar-refractivity contribution is 7.89. The maximum atomic E-state index is 13.7. The maximum Gasteiger partial charge on any atom is 0.248 e. The number of sulfonamides is 1. The first-order chi connectivity index (χ1) is 18.6. The van der Waals surface area contributed by atoms with Gasteiger partial charge in [-0.2, -0.15) is 4.31 Å². The van der Waals surface area contributed by atoms with E-state index in [4.69, 9.17) is 32.7 Å². The zero-order chi connectivity index (χ0) is 28.2. The zero-order valence-corrected chi connectivity index (χ0v) is 25.1. The minimum absolute atomic E-state index is 0.0578. The molecule has 4 rings (SSSR count). The van der Waals surface area contributed by atoms with Gasteiger partial charge in [-0.1, -0.05) is 35.7 Å². The number of halogens is 2. The molecule has 0 spiro atoms. The van der Waals surface area contributed by atoms with E-state index in [-0.39, 0.29) is 25.2 Å². The van der Waals surface area contributed by atoms with Crippen molar-refractivity contribution in [3.63, 3.8) is 0 Å². The maximum absolute atomic E-state index is 13.7. The molecule has 1 atom stereocenters. The molecule has 1 unspecified atom stereocenters. The molecule has 1 amide bonds. The van der Waals surface area contributed by atoms with Crippen LogP contribution in [-0.4, -0.2) is 87.5 Å². The summed E-state index contributed by atoms with van der Waals surface area (Å²) >= 11 is 12.1. The second kappa shape index (κ2) is 13.2. The van der Waals surface area contributed by atoms with E-state index in [0.717, 1.165) is 38.0 Å². The van der Waals surface area contributed by atoms with Crippen molar-refractivity contribution in [2.45, 2.75) is 50.6 Å². The number of piperidine rings is 1. The fourth-order valence-corrected chi connectivity index (χ4v) is 7.85. The van der Waals surface area contributed by atoms with E-state index < -0.39 is 10.0 Å². The Kier molecular flexibility index (Phi) is 10.2. The number of benzene rings is 2. The Labute approximate surface area is 241 Å². The number of methoxy groups -OCH3 is 1. The molecule has 214 valence electrons. The first-order valence-electron chi connectivity index (χ1n) is 13.3. The number of carbonyl (C=O) groups excluding carboxylic acids is 1. The topological polar surface area (TPSA) is 79.4 Å². The van der Waals surface area contributed by atoms with Crippen molar-refractivity contribution >= 4 is 39.1 Å². The van der Waals surface area contributed by atoms with Gasteiger partial charge in [-0.05, 0) is 67.6 Å². The molecule has 2 heterocycles. The predicted molar refractivity (Wildman–Crippen MR) is 153 cm³/mol. The van der Waals surface area contributed by atoms with E-state index in [2.05, 4.69) is 4.90 Å². The third-order valence-electron chi connectivity index (χ3n) is 7.46. The van der Waals surface area contributed by atoms with Crippen LogP contribution in [0, 0.1) is 13.8 Å². The molecule has 2 aromatic rings. The molecule has 39 heavy (non-hydrogen) atoms. The van der Waals surface area contributed by atoms with Crippen LogP contribution in [0.5, 0.6) is 5.75 Å². The van der Waals surface area contributed by atoms with Crippen LogP contribution >= 0.6 is 23.2 Å². The van der Waals surface area contributed by atoms with Gasteiger partial charge in [0.2, 0.25) is 15.9 Å². The lowest BCUT2D eigenvalue weighted by molar-refractivity contribution is -0.138. The number of ether oxygens (including phenoxy) is 2. The largest absolute Gasteiger partial charge is 0.497 e. The number of rotatable bonds is 9. The van der Waals surface area contributed by atoms with Crippen molar-refractivity contribution in [2.24, 2.45) is 0 Å². The summed E-state index contributed by atoms with van der Waals surface area (Å²) < 4.78 is 40.1. The first kappa shape index (κ1) is 30.1. The van der Waals surface area contributed by atoms with E-state index in [1.54, 1.807) is 43.5 Å². The van der Waals surface area contributed by atoms with Crippen LogP contribution in [-0.2, 0) is 26.1 Å². The van der Waals surface area contributed by atoms with Gasteiger partial charge in [-0.15, -0.1) is 0 Å². The molecule has 2 saturated heterocycles. The van der Waals surface area contributed by atoms with Gasteiger partial charge in [-0.3, -0.25) is 9.69 Å². The quantitative estimate of drug-likeness (QED) is 0.423. The Morgan fingerprint density at radius 3 is 2.31 bits per heavy atom. The highest BCUT2D eigenvalue weighted by atomic mass is 35.5. The lowest BCUT2D eigenvalue weighted by atomic mass is 10.1. The standard InChI is InChI=1S/C28H37Cl2N3O5S/c1-20-14-24(37-3)15-21(2)28(20)39(35,36)33-9-5-4-6-23(33)18-38-19-27(34)32-12-10-31(11-13-32)17-22-7-8-25(29)26(30)16-22/h7-8,14-16,23H,4-6,9-13,17-19H2,1-3H3. The summed E-state index contributed by atoms with van der Waals surface area (Å²) in [4.78, 5) is 17.3. The van der Waals surface area contributed by atoms with Gasteiger partial charge in [0.25, 0.3) is 0 Å². The minimum Gasteiger partial charge on any atom is -0.497 e. The number of piperazine rings is 1. The smallest absolute Gasteiger partial charge is 0.248 e. The number of aryl methyl sites for hydroxylation is 2. The van der Waals surface area contributed by atoms with Crippen molar-refractivity contribution in [1.82, 2.24) is 14.1 Å². The number of nitrogens with zero attached hydrogens (tertiary/aromatic N) is 3. The Hall–Kier alpha value is -1.88. The summed E-state index contributed by atoms with van der Waals surface area (Å²) in [6.07, 6.45) is 2.43. The Morgan fingerprint density at radius 1 is 0.974 bits per heavy atom. The number of hydrogen-bond acceptors (Lipinski definition) is 6. The van der Waals surface area contributed by atoms with Crippen molar-refractivity contribution in [1.29, 1.82) is 0 Å². The summed E-state index contributed by atoms with van der Waals surface area (Å²) in [6.45, 7) is 7.63. The second-order valence-electron chi connectivity index (χ2n) is 10.3. The van der Waals surface area contributed by atoms with Crippen LogP contribution in [0.15, 0.2) is 35.2 Å². The van der Waals surface area contributed by atoms with Crippen LogP contribution < -0.4 is 4.74 Å². The number of amides is 1. The van der Waals surface area contributed by atoms with Gasteiger partial charge in [0, 0.05) is 45.3 Å². The first-order valence-corrected chi connectivity index (χ1v) is 15.5. The Balaban J connectivity index is 1.29. The molecule has 0 N–H and O–H groups in total. The van der Waals surface area contributed by atoms with Gasteiger partial charge in [0.1, 0.15) is 12.4 Å². The SMILES string of the molecule is COc1cc(C)c(S(=O)(=O)N2CCCCC2COCC(=O)N2CCN(Cc3ccc(Cl)c(Cl)c3)CC2)c(C)c1. The Morgan fingerprint density at radius 2 is 1.67 bits per heavy atom. The van der Waals surface area contributed by atoms with Gasteiger partial charge in [0.05, 0.1) is 28.7 Å². The van der Waals surface area contributed by atoms with Gasteiger partial charge < -0.3 is 14.4 Å². The van der Waals surface area contributed by atoms with Crippen LogP contribution in [0.1, 0.15) is 36.0 Å². The van der Waals surface area contributed by atoms with Crippen LogP contribution in [0.25, 0.3) is 0 Å². The van der Waals surface area contributed by atoms with E-state index >= 15 is 0 Å². The zero-order valence-electron chi connectivity index (χ0n) is 22.8. The molecule has 0 aliphatic carbocycles. The average Bonchev–Trinajstić information content (AvgIpc) is 2.90. The number of carbonyl (C=O) groups is 1. The van der Waals surface area contributed by atoms with Crippen molar-refractivity contribution < 1.29 is 22.7 Å². The van der Waals surface area contributed by atoms with Crippen LogP contribution in [0.3, 0.4) is 0 Å². The lowest BCUT2D eigenvalue weighted by Crippen LogP contribution is -2.50. The van der Waals surface area contributed by atoms with Crippen molar-refractivity contribution in [3.05, 3.63) is 57.1 Å². The van der Waals surface area contributed by atoms with Crippen LogP contribution in [0.4, 0.5) is 0 Å². The molecule has 2 aliphatic heterocycles. The van der Waals surface area contributed by atoms with E-state index in [1.807, 2.05) is 17.0 Å². The van der Waals surface area contributed by atoms with E-state index in [1.165, 1.54) is 0 Å². The highest BCUT2D eigenvalue weighted by Gasteiger charge is 2.36. The normalized spacial score (nSPS) is 19.3. The minimum atomic E-state index is -3.72. The van der Waals surface area contributed by atoms with Crippen LogP contribution in [0.2, 0.25) is 10.0 Å². The molecular formula is C28H37Cl2N3O5S. The van der Waals surface area contributed by atoms with Gasteiger partial charge in [-0.25, -0.2) is 8.42 Å². The predicted octanol–water partition coefficient (Wildman–Crippen LogP) is 4.52. The molecule has 0 bridgehead atoms. The van der Waals surface area contributed by atoms with E-state index in [0.29, 0.717) is 57.9 Å². The molecular weight excluding hydrogens is 561 g/mol. The third-order valence-corrected chi connectivity index (χ3v) is 10.5. The fraction of sp³-hybridized carbons (Fsp3) is 0.536. The molecule has 2 aliphatic rings. The monoisotopic (exact) mass is 597 g/mol. The third kappa shape index (κ3) is 7.26. The molecule has 2 aromatic carbocycles. The molecule has 8 nitrogen and oxygen atoms in total. The highest BCUT2D eigenvalue weighted by Crippen LogP contribution is 2.32. The summed E-state index contributed by atoms with van der Waals surface area (Å²) in [5.74, 6) is 0.562. The molecule has 0 saturated carbocycles. The molecule has 11 heteroatoms. The average molecular weight is 599 g/mol. The molecule has 0 aromatic heterocycles. The molecule has 2 fully saturated rings. The number of hydrogen-bond donors (Lipinski definition) is 0. The van der Waals surface area contributed by atoms with E-state index in [9.17, 15) is 13.2 Å². The van der Waals surface area contributed by atoms with Crippen molar-refractivity contribution in [3.8, 4) is 5.75 Å². The molecule has 0 radical (unpaired) electrons.